The quantitative estimate of drug-likeness (QED) is 0.259. The van der Waals surface area contributed by atoms with Gasteiger partial charge in [0, 0.05) is 31.0 Å². The first kappa shape index (κ1) is 23.6. The molecular weight excluding hydrogens is 410 g/mol. The maximum absolute atomic E-state index is 5.84. The van der Waals surface area contributed by atoms with E-state index in [0.717, 1.165) is 48.6 Å². The second-order valence-electron chi connectivity index (χ2n) is 9.00. The number of hydrogen-bond donors (Lipinski definition) is 2. The average molecular weight is 448 g/mol. The van der Waals surface area contributed by atoms with Crippen molar-refractivity contribution in [2.45, 2.75) is 89.4 Å². The number of oxazole rings is 1. The Morgan fingerprint density at radius 3 is 2.68 bits per heavy atom. The minimum absolute atomic E-state index is 0.0487. The van der Waals surface area contributed by atoms with Crippen LogP contribution in [0.5, 0.6) is 0 Å². The molecule has 9 heteroatoms. The highest BCUT2D eigenvalue weighted by atomic mass is 32.2. The zero-order valence-corrected chi connectivity index (χ0v) is 20.4. The van der Waals surface area contributed by atoms with E-state index in [9.17, 15) is 0 Å². The molecule has 1 saturated carbocycles. The Kier molecular flexibility index (Phi) is 8.40. The average Bonchev–Trinajstić information content (AvgIpc) is 3.48. The first-order valence-corrected chi connectivity index (χ1v) is 12.6. The van der Waals surface area contributed by atoms with E-state index in [0.29, 0.717) is 18.5 Å². The van der Waals surface area contributed by atoms with Crippen LogP contribution in [0, 0.1) is 0 Å². The van der Waals surface area contributed by atoms with Crippen LogP contribution < -0.4 is 10.6 Å². The molecule has 0 spiro atoms. The number of rotatable bonds is 9. The van der Waals surface area contributed by atoms with Crippen LogP contribution in [0.15, 0.2) is 20.8 Å². The molecule has 1 aliphatic carbocycles. The number of hydrogen-bond acceptors (Lipinski definition) is 6. The van der Waals surface area contributed by atoms with Crippen molar-refractivity contribution < 1.29 is 4.42 Å². The first-order chi connectivity index (χ1) is 14.9. The molecule has 3 rings (SSSR count). The van der Waals surface area contributed by atoms with Crippen LogP contribution in [0.1, 0.15) is 83.3 Å². The fourth-order valence-electron chi connectivity index (χ4n) is 3.82. The molecule has 2 aromatic rings. The summed E-state index contributed by atoms with van der Waals surface area (Å²) in [7, 11) is 0. The van der Waals surface area contributed by atoms with E-state index in [4.69, 9.17) is 4.42 Å². The first-order valence-electron chi connectivity index (χ1n) is 11.4. The SMILES string of the molecule is CCNC(=NCc1ncc(C(C)(C)C)o1)NCCCc1nnc(SC)n1C1CCCC1. The summed E-state index contributed by atoms with van der Waals surface area (Å²) in [4.78, 5) is 8.98. The summed E-state index contributed by atoms with van der Waals surface area (Å²) in [5.74, 6) is 3.40. The lowest BCUT2D eigenvalue weighted by atomic mass is 9.94. The molecule has 0 radical (unpaired) electrons. The van der Waals surface area contributed by atoms with Gasteiger partial charge < -0.3 is 19.6 Å². The van der Waals surface area contributed by atoms with E-state index < -0.39 is 0 Å². The fraction of sp³-hybridized carbons (Fsp3) is 0.727. The van der Waals surface area contributed by atoms with Crippen LogP contribution in [-0.2, 0) is 18.4 Å². The summed E-state index contributed by atoms with van der Waals surface area (Å²) < 4.78 is 8.22. The van der Waals surface area contributed by atoms with Gasteiger partial charge in [0.25, 0.3) is 0 Å². The van der Waals surface area contributed by atoms with E-state index in [2.05, 4.69) is 69.3 Å². The molecule has 0 bridgehead atoms. The number of nitrogens with zero attached hydrogens (tertiary/aromatic N) is 5. The third-order valence-electron chi connectivity index (χ3n) is 5.49. The van der Waals surface area contributed by atoms with Crippen LogP contribution in [-0.4, -0.2) is 45.1 Å². The van der Waals surface area contributed by atoms with Gasteiger partial charge in [-0.25, -0.2) is 9.98 Å². The largest absolute Gasteiger partial charge is 0.443 e. The van der Waals surface area contributed by atoms with Gasteiger partial charge in [-0.05, 0) is 32.4 Å². The molecule has 0 saturated heterocycles. The predicted octanol–water partition coefficient (Wildman–Crippen LogP) is 4.09. The van der Waals surface area contributed by atoms with Gasteiger partial charge in [-0.1, -0.05) is 45.4 Å². The molecule has 0 aromatic carbocycles. The topological polar surface area (TPSA) is 93.2 Å². The van der Waals surface area contributed by atoms with Crippen LogP contribution in [0.2, 0.25) is 0 Å². The van der Waals surface area contributed by atoms with Crippen LogP contribution in [0.3, 0.4) is 0 Å². The van der Waals surface area contributed by atoms with Crippen molar-refractivity contribution in [1.82, 2.24) is 30.4 Å². The summed E-state index contributed by atoms with van der Waals surface area (Å²) in [6, 6.07) is 0.568. The van der Waals surface area contributed by atoms with Crippen molar-refractivity contribution in [2.75, 3.05) is 19.3 Å². The van der Waals surface area contributed by atoms with Crippen molar-refractivity contribution in [3.63, 3.8) is 0 Å². The van der Waals surface area contributed by atoms with E-state index in [-0.39, 0.29) is 5.41 Å². The number of aromatic nitrogens is 4. The van der Waals surface area contributed by atoms with E-state index >= 15 is 0 Å². The molecule has 1 aliphatic rings. The van der Waals surface area contributed by atoms with Gasteiger partial charge >= 0.3 is 0 Å². The minimum atomic E-state index is -0.0487. The van der Waals surface area contributed by atoms with Crippen molar-refractivity contribution in [3.8, 4) is 0 Å². The smallest absolute Gasteiger partial charge is 0.216 e. The van der Waals surface area contributed by atoms with Crippen molar-refractivity contribution >= 4 is 17.7 Å². The molecule has 0 unspecified atom stereocenters. The molecule has 31 heavy (non-hydrogen) atoms. The number of aryl methyl sites for hydroxylation is 1. The summed E-state index contributed by atoms with van der Waals surface area (Å²) in [6.07, 6.45) is 10.9. The van der Waals surface area contributed by atoms with Gasteiger partial charge in [-0.2, -0.15) is 0 Å². The maximum atomic E-state index is 5.84. The lowest BCUT2D eigenvalue weighted by Crippen LogP contribution is -2.38. The highest BCUT2D eigenvalue weighted by molar-refractivity contribution is 7.98. The fourth-order valence-corrected chi connectivity index (χ4v) is 4.39. The van der Waals surface area contributed by atoms with Gasteiger partial charge in [0.15, 0.2) is 11.1 Å². The molecule has 2 heterocycles. The third kappa shape index (κ3) is 6.48. The second-order valence-corrected chi connectivity index (χ2v) is 9.78. The lowest BCUT2D eigenvalue weighted by molar-refractivity contribution is 0.383. The zero-order chi connectivity index (χ0) is 22.3. The Morgan fingerprint density at radius 1 is 1.26 bits per heavy atom. The lowest BCUT2D eigenvalue weighted by Gasteiger charge is -2.16. The summed E-state index contributed by atoms with van der Waals surface area (Å²) >= 11 is 1.69. The Balaban J connectivity index is 1.52. The van der Waals surface area contributed by atoms with Gasteiger partial charge in [0.05, 0.1) is 6.20 Å². The number of thioether (sulfide) groups is 1. The molecule has 2 N–H and O–H groups in total. The van der Waals surface area contributed by atoms with E-state index in [1.165, 1.54) is 25.7 Å². The monoisotopic (exact) mass is 447 g/mol. The van der Waals surface area contributed by atoms with E-state index in [1.807, 2.05) is 0 Å². The molecular formula is C22H37N7OS. The van der Waals surface area contributed by atoms with Crippen molar-refractivity contribution in [2.24, 2.45) is 4.99 Å². The summed E-state index contributed by atoms with van der Waals surface area (Å²) in [5, 5.41) is 16.6. The number of guanidine groups is 1. The molecule has 2 aromatic heterocycles. The van der Waals surface area contributed by atoms with Crippen molar-refractivity contribution in [1.29, 1.82) is 0 Å². The summed E-state index contributed by atoms with van der Waals surface area (Å²) in [6.45, 7) is 10.4. The van der Waals surface area contributed by atoms with E-state index in [1.54, 1.807) is 18.0 Å². The Hall–Kier alpha value is -2.03. The molecule has 8 nitrogen and oxygen atoms in total. The van der Waals surface area contributed by atoms with Gasteiger partial charge in [-0.15, -0.1) is 10.2 Å². The molecule has 172 valence electrons. The van der Waals surface area contributed by atoms with Gasteiger partial charge in [0.1, 0.15) is 18.1 Å². The van der Waals surface area contributed by atoms with Crippen molar-refractivity contribution in [3.05, 3.63) is 23.7 Å². The minimum Gasteiger partial charge on any atom is -0.443 e. The third-order valence-corrected chi connectivity index (χ3v) is 6.13. The van der Waals surface area contributed by atoms with Gasteiger partial charge in [0.2, 0.25) is 5.89 Å². The number of nitrogens with one attached hydrogen (secondary N) is 2. The molecule has 1 fully saturated rings. The Morgan fingerprint density at radius 2 is 2.03 bits per heavy atom. The van der Waals surface area contributed by atoms with Gasteiger partial charge in [-0.3, -0.25) is 0 Å². The van der Waals surface area contributed by atoms with Crippen LogP contribution in [0.4, 0.5) is 0 Å². The van der Waals surface area contributed by atoms with Crippen LogP contribution >= 0.6 is 11.8 Å². The normalized spacial score (nSPS) is 15.6. The Bertz CT molecular complexity index is 846. The standard InChI is InChI=1S/C22H37N7OS/c1-6-23-20(26-15-19-25-14-17(30-19)22(2,3)4)24-13-9-12-18-27-28-21(31-5)29(18)16-10-7-8-11-16/h14,16H,6-13,15H2,1-5H3,(H2,23,24,26). The number of aliphatic imine (C=N–C) groups is 1. The maximum Gasteiger partial charge on any atom is 0.216 e. The molecule has 0 aliphatic heterocycles. The van der Waals surface area contributed by atoms with Crippen LogP contribution in [0.25, 0.3) is 0 Å². The molecule has 0 atom stereocenters. The Labute approximate surface area is 190 Å². The zero-order valence-electron chi connectivity index (χ0n) is 19.6. The highest BCUT2D eigenvalue weighted by Crippen LogP contribution is 2.33. The molecule has 0 amide bonds. The second kappa shape index (κ2) is 11.0. The highest BCUT2D eigenvalue weighted by Gasteiger charge is 2.23. The predicted molar refractivity (Wildman–Crippen MR) is 126 cm³/mol. The summed E-state index contributed by atoms with van der Waals surface area (Å²) in [5.41, 5.74) is -0.0487.